The fourth-order valence-corrected chi connectivity index (χ4v) is 3.54. The van der Waals surface area contributed by atoms with Gasteiger partial charge in [-0.3, -0.25) is 9.05 Å². The van der Waals surface area contributed by atoms with E-state index < -0.39 is 7.82 Å². The first kappa shape index (κ1) is 17.0. The molecule has 1 aliphatic carbocycles. The van der Waals surface area contributed by atoms with E-state index in [1.54, 1.807) is 13.8 Å². The highest BCUT2D eigenvalue weighted by Crippen LogP contribution is 2.52. The molecule has 22 heavy (non-hydrogen) atoms. The van der Waals surface area contributed by atoms with Crippen LogP contribution < -0.4 is 0 Å². The van der Waals surface area contributed by atoms with Gasteiger partial charge in [0.2, 0.25) is 0 Å². The second-order valence-electron chi connectivity index (χ2n) is 4.98. The minimum absolute atomic E-state index is 0.284. The lowest BCUT2D eigenvalue weighted by molar-refractivity contribution is 0.144. The first-order valence-electron chi connectivity index (χ1n) is 7.68. The highest BCUT2D eigenvalue weighted by Gasteiger charge is 2.30. The minimum atomic E-state index is -3.46. The van der Waals surface area contributed by atoms with Gasteiger partial charge in [0.05, 0.1) is 13.2 Å². The number of hydrogen-bond donors (Lipinski definition) is 0. The van der Waals surface area contributed by atoms with Crippen molar-refractivity contribution in [1.29, 1.82) is 0 Å². The molecule has 0 amide bonds. The van der Waals surface area contributed by atoms with E-state index >= 15 is 0 Å². The molecule has 0 aliphatic heterocycles. The van der Waals surface area contributed by atoms with Crippen molar-refractivity contribution in [2.45, 2.75) is 26.7 Å². The molecule has 0 spiro atoms. The van der Waals surface area contributed by atoms with Crippen LogP contribution in [-0.2, 0) is 18.1 Å². The van der Waals surface area contributed by atoms with E-state index in [9.17, 15) is 4.57 Å². The Morgan fingerprint density at radius 2 is 1.86 bits per heavy atom. The molecule has 1 aliphatic rings. The molecule has 4 nitrogen and oxygen atoms in total. The Morgan fingerprint density at radius 3 is 2.50 bits per heavy atom. The molecule has 0 heterocycles. The summed E-state index contributed by atoms with van der Waals surface area (Å²) < 4.78 is 28.1. The fourth-order valence-electron chi connectivity index (χ4n) is 2.29. The fraction of sp³-hybridized carbons (Fsp3) is 0.412. The molecule has 0 bridgehead atoms. The van der Waals surface area contributed by atoms with Gasteiger partial charge < -0.3 is 4.52 Å². The van der Waals surface area contributed by atoms with Gasteiger partial charge in [-0.05, 0) is 37.8 Å². The third-order valence-corrected chi connectivity index (χ3v) is 4.87. The summed E-state index contributed by atoms with van der Waals surface area (Å²) in [6, 6.07) is 10.1. The summed E-state index contributed by atoms with van der Waals surface area (Å²) >= 11 is 0. The molecule has 0 aromatic heterocycles. The van der Waals surface area contributed by atoms with E-state index in [1.807, 2.05) is 24.3 Å². The maximum absolute atomic E-state index is 12.3. The lowest BCUT2D eigenvalue weighted by Crippen LogP contribution is -1.99. The molecule has 0 saturated carbocycles. The van der Waals surface area contributed by atoms with Crippen LogP contribution >= 0.6 is 7.82 Å². The van der Waals surface area contributed by atoms with Gasteiger partial charge in [0.15, 0.2) is 0 Å². The average Bonchev–Trinajstić information content (AvgIpc) is 2.94. The van der Waals surface area contributed by atoms with E-state index in [4.69, 9.17) is 13.6 Å². The van der Waals surface area contributed by atoms with Crippen molar-refractivity contribution in [2.75, 3.05) is 13.2 Å². The summed E-state index contributed by atoms with van der Waals surface area (Å²) in [5, 5.41) is 0. The van der Waals surface area contributed by atoms with E-state index in [0.29, 0.717) is 19.0 Å². The van der Waals surface area contributed by atoms with Gasteiger partial charge in [0, 0.05) is 6.42 Å². The first-order chi connectivity index (χ1) is 10.6. The average molecular weight is 322 g/mol. The molecule has 2 rings (SSSR count). The number of hydrogen-bond acceptors (Lipinski definition) is 4. The molecular formula is C17H23O4P. The number of phosphoric ester groups is 1. The third-order valence-electron chi connectivity index (χ3n) is 3.26. The Kier molecular flexibility index (Phi) is 6.44. The predicted octanol–water partition coefficient (Wildman–Crippen LogP) is 5.19. The van der Waals surface area contributed by atoms with Crippen molar-refractivity contribution in [2.24, 2.45) is 5.92 Å². The van der Waals surface area contributed by atoms with Crippen molar-refractivity contribution < 1.29 is 18.1 Å². The van der Waals surface area contributed by atoms with Gasteiger partial charge in [0.25, 0.3) is 0 Å². The summed E-state index contributed by atoms with van der Waals surface area (Å²) in [5.41, 5.74) is 1.17. The number of allylic oxidation sites excluding steroid dienone is 3. The van der Waals surface area contributed by atoms with Crippen LogP contribution in [0.4, 0.5) is 0 Å². The zero-order chi connectivity index (χ0) is 15.8. The highest BCUT2D eigenvalue weighted by molar-refractivity contribution is 7.48. The Hall–Kier alpha value is -1.35. The number of phosphoric acid groups is 1. The van der Waals surface area contributed by atoms with Crippen molar-refractivity contribution >= 4 is 13.9 Å². The standard InChI is InChI=1S/C17H23O4P/c1-3-19-22(18,20-4-2)21-17-13-12-16(14-17)11-10-15-8-6-5-7-9-15/h5-11,14,16H,3-4,12-13H2,1-2H3/b11-10-. The monoisotopic (exact) mass is 322 g/mol. The SMILES string of the molecule is CCOP(=O)(OCC)OC1=CC(/C=C\c2ccccc2)CC1. The molecule has 1 unspecified atom stereocenters. The normalized spacial score (nSPS) is 18.6. The lowest BCUT2D eigenvalue weighted by Gasteiger charge is -2.17. The maximum Gasteiger partial charge on any atom is 0.529 e. The van der Waals surface area contributed by atoms with Gasteiger partial charge in [-0.15, -0.1) is 0 Å². The summed E-state index contributed by atoms with van der Waals surface area (Å²) in [4.78, 5) is 0. The summed E-state index contributed by atoms with van der Waals surface area (Å²) in [7, 11) is -3.46. The van der Waals surface area contributed by atoms with Crippen molar-refractivity contribution in [1.82, 2.24) is 0 Å². The third kappa shape index (κ3) is 5.13. The second-order valence-corrected chi connectivity index (χ2v) is 6.57. The molecule has 120 valence electrons. The van der Waals surface area contributed by atoms with Gasteiger partial charge in [-0.1, -0.05) is 42.5 Å². The highest BCUT2D eigenvalue weighted by atomic mass is 31.2. The van der Waals surface area contributed by atoms with Gasteiger partial charge in [-0.25, -0.2) is 4.57 Å². The predicted molar refractivity (Wildman–Crippen MR) is 88.2 cm³/mol. The zero-order valence-electron chi connectivity index (χ0n) is 13.1. The lowest BCUT2D eigenvalue weighted by atomic mass is 10.1. The van der Waals surface area contributed by atoms with Crippen LogP contribution in [0.2, 0.25) is 0 Å². The molecule has 0 fully saturated rings. The molecule has 1 aromatic rings. The van der Waals surface area contributed by atoms with E-state index in [-0.39, 0.29) is 5.92 Å². The smallest absolute Gasteiger partial charge is 0.409 e. The van der Waals surface area contributed by atoms with Crippen LogP contribution in [0.15, 0.2) is 48.2 Å². The van der Waals surface area contributed by atoms with Crippen LogP contribution in [0, 0.1) is 5.92 Å². The summed E-state index contributed by atoms with van der Waals surface area (Å²) in [5.74, 6) is 0.972. The topological polar surface area (TPSA) is 44.8 Å². The van der Waals surface area contributed by atoms with Crippen LogP contribution in [0.3, 0.4) is 0 Å². The van der Waals surface area contributed by atoms with Crippen LogP contribution in [0.5, 0.6) is 0 Å². The number of rotatable bonds is 8. The van der Waals surface area contributed by atoms with E-state index in [2.05, 4.69) is 24.3 Å². The molecule has 0 saturated heterocycles. The molecular weight excluding hydrogens is 299 g/mol. The minimum Gasteiger partial charge on any atom is -0.409 e. The second kappa shape index (κ2) is 8.33. The largest absolute Gasteiger partial charge is 0.529 e. The Morgan fingerprint density at radius 1 is 1.18 bits per heavy atom. The molecule has 0 radical (unpaired) electrons. The Bertz CT molecular complexity index is 555. The molecule has 1 aromatic carbocycles. The van der Waals surface area contributed by atoms with Crippen molar-refractivity contribution in [3.05, 3.63) is 53.8 Å². The van der Waals surface area contributed by atoms with Crippen LogP contribution in [-0.4, -0.2) is 13.2 Å². The van der Waals surface area contributed by atoms with Gasteiger partial charge >= 0.3 is 7.82 Å². The molecule has 1 atom stereocenters. The first-order valence-corrected chi connectivity index (χ1v) is 9.14. The molecule has 5 heteroatoms. The van der Waals surface area contributed by atoms with E-state index in [0.717, 1.165) is 12.8 Å². The Labute approximate surface area is 132 Å². The zero-order valence-corrected chi connectivity index (χ0v) is 14.0. The molecule has 0 N–H and O–H groups in total. The maximum atomic E-state index is 12.3. The van der Waals surface area contributed by atoms with Crippen LogP contribution in [0.1, 0.15) is 32.3 Å². The van der Waals surface area contributed by atoms with Crippen molar-refractivity contribution in [3.8, 4) is 0 Å². The summed E-state index contributed by atoms with van der Waals surface area (Å²) in [6.07, 6.45) is 7.90. The van der Waals surface area contributed by atoms with Crippen LogP contribution in [0.25, 0.3) is 6.08 Å². The summed E-state index contributed by atoms with van der Waals surface area (Å²) in [6.45, 7) is 4.12. The number of benzene rings is 1. The van der Waals surface area contributed by atoms with Gasteiger partial charge in [-0.2, -0.15) is 0 Å². The van der Waals surface area contributed by atoms with Gasteiger partial charge in [0.1, 0.15) is 5.76 Å². The van der Waals surface area contributed by atoms with Crippen molar-refractivity contribution in [3.63, 3.8) is 0 Å². The quantitative estimate of drug-likeness (QED) is 0.618. The Balaban J connectivity index is 1.96. The van der Waals surface area contributed by atoms with E-state index in [1.165, 1.54) is 5.56 Å².